The molecule has 3 N–H and O–H groups in total. The Morgan fingerprint density at radius 1 is 1.24 bits per heavy atom. The third-order valence-electron chi connectivity index (χ3n) is 2.73. The third kappa shape index (κ3) is 3.95. The molecule has 0 aliphatic rings. The standard InChI is InChI=1S/C14H11Br2FN2O2/c15-9-2-4-13(12(16)5-9)21-7-8-1-3-10(17)6-11(8)14(18)19-20/h1-6,20H,7H2,(H2,18,19). The lowest BCUT2D eigenvalue weighted by Crippen LogP contribution is -2.17. The highest BCUT2D eigenvalue weighted by atomic mass is 79.9. The van der Waals surface area contributed by atoms with Crippen molar-refractivity contribution in [2.75, 3.05) is 0 Å². The Kier molecular flexibility index (Phi) is 5.19. The van der Waals surface area contributed by atoms with Crippen LogP contribution in [0.4, 0.5) is 4.39 Å². The van der Waals surface area contributed by atoms with E-state index in [1.165, 1.54) is 18.2 Å². The van der Waals surface area contributed by atoms with Crippen molar-refractivity contribution in [3.8, 4) is 5.75 Å². The first-order valence-corrected chi connectivity index (χ1v) is 7.44. The smallest absolute Gasteiger partial charge is 0.170 e. The summed E-state index contributed by atoms with van der Waals surface area (Å²) in [6, 6.07) is 9.52. The van der Waals surface area contributed by atoms with Crippen LogP contribution in [0.1, 0.15) is 11.1 Å². The number of hydrogen-bond acceptors (Lipinski definition) is 3. The molecular weight excluding hydrogens is 407 g/mol. The number of rotatable bonds is 4. The zero-order valence-electron chi connectivity index (χ0n) is 10.7. The highest BCUT2D eigenvalue weighted by molar-refractivity contribution is 9.11. The van der Waals surface area contributed by atoms with Crippen LogP contribution < -0.4 is 10.5 Å². The van der Waals surface area contributed by atoms with Crippen LogP contribution in [-0.2, 0) is 6.61 Å². The quantitative estimate of drug-likeness (QED) is 0.341. The van der Waals surface area contributed by atoms with Gasteiger partial charge in [-0.2, -0.15) is 0 Å². The van der Waals surface area contributed by atoms with Gasteiger partial charge in [-0.25, -0.2) is 4.39 Å². The number of nitrogens with two attached hydrogens (primary N) is 1. The summed E-state index contributed by atoms with van der Waals surface area (Å²) in [5.41, 5.74) is 6.45. The minimum absolute atomic E-state index is 0.159. The molecule has 2 aromatic carbocycles. The van der Waals surface area contributed by atoms with Crippen LogP contribution in [-0.4, -0.2) is 11.0 Å². The Hall–Kier alpha value is -1.60. The fourth-order valence-corrected chi connectivity index (χ4v) is 2.88. The van der Waals surface area contributed by atoms with Crippen LogP contribution in [0.2, 0.25) is 0 Å². The van der Waals surface area contributed by atoms with Gasteiger partial charge in [0.15, 0.2) is 5.84 Å². The van der Waals surface area contributed by atoms with Crippen molar-refractivity contribution >= 4 is 37.7 Å². The highest BCUT2D eigenvalue weighted by Crippen LogP contribution is 2.29. The van der Waals surface area contributed by atoms with E-state index in [0.29, 0.717) is 16.9 Å². The summed E-state index contributed by atoms with van der Waals surface area (Å²) in [6.45, 7) is 0.159. The summed E-state index contributed by atoms with van der Waals surface area (Å²) < 4.78 is 20.6. The zero-order chi connectivity index (χ0) is 15.4. The van der Waals surface area contributed by atoms with Gasteiger partial charge in [-0.15, -0.1) is 0 Å². The maximum Gasteiger partial charge on any atom is 0.170 e. The van der Waals surface area contributed by atoms with Crippen molar-refractivity contribution in [1.82, 2.24) is 0 Å². The molecule has 2 rings (SSSR count). The van der Waals surface area contributed by atoms with Crippen molar-refractivity contribution in [3.05, 3.63) is 62.3 Å². The molecule has 0 saturated heterocycles. The zero-order valence-corrected chi connectivity index (χ0v) is 13.9. The number of oxime groups is 1. The van der Waals surface area contributed by atoms with Gasteiger partial charge in [0.2, 0.25) is 0 Å². The molecule has 0 saturated carbocycles. The predicted molar refractivity (Wildman–Crippen MR) is 85.1 cm³/mol. The number of halogens is 3. The number of ether oxygens (including phenoxy) is 1. The van der Waals surface area contributed by atoms with E-state index in [1.54, 1.807) is 6.07 Å². The van der Waals surface area contributed by atoms with Crippen molar-refractivity contribution < 1.29 is 14.3 Å². The fourth-order valence-electron chi connectivity index (χ4n) is 1.71. The Labute approximate surface area is 137 Å². The van der Waals surface area contributed by atoms with Crippen LogP contribution in [0, 0.1) is 5.82 Å². The van der Waals surface area contributed by atoms with E-state index < -0.39 is 5.82 Å². The summed E-state index contributed by atoms with van der Waals surface area (Å²) in [4.78, 5) is 0. The lowest BCUT2D eigenvalue weighted by molar-refractivity contribution is 0.303. The topological polar surface area (TPSA) is 67.8 Å². The Morgan fingerprint density at radius 2 is 2.00 bits per heavy atom. The molecule has 0 aliphatic carbocycles. The number of benzene rings is 2. The average molecular weight is 418 g/mol. The second-order valence-corrected chi connectivity index (χ2v) is 5.92. The first kappa shape index (κ1) is 15.8. The minimum atomic E-state index is -0.467. The van der Waals surface area contributed by atoms with Gasteiger partial charge in [-0.3, -0.25) is 0 Å². The van der Waals surface area contributed by atoms with Crippen molar-refractivity contribution in [1.29, 1.82) is 0 Å². The maximum atomic E-state index is 13.3. The summed E-state index contributed by atoms with van der Waals surface area (Å²) in [7, 11) is 0. The number of hydrogen-bond donors (Lipinski definition) is 2. The van der Waals surface area contributed by atoms with Gasteiger partial charge in [0.25, 0.3) is 0 Å². The van der Waals surface area contributed by atoms with Crippen molar-refractivity contribution in [2.24, 2.45) is 10.9 Å². The molecule has 4 nitrogen and oxygen atoms in total. The van der Waals surface area contributed by atoms with Crippen LogP contribution in [0.25, 0.3) is 0 Å². The molecule has 0 unspecified atom stereocenters. The molecule has 2 aromatic rings. The lowest BCUT2D eigenvalue weighted by Gasteiger charge is -2.12. The highest BCUT2D eigenvalue weighted by Gasteiger charge is 2.10. The second kappa shape index (κ2) is 6.91. The summed E-state index contributed by atoms with van der Waals surface area (Å²) in [6.07, 6.45) is 0. The largest absolute Gasteiger partial charge is 0.488 e. The van der Waals surface area contributed by atoms with Crippen LogP contribution in [0.3, 0.4) is 0 Å². The van der Waals surface area contributed by atoms with Crippen LogP contribution in [0.15, 0.2) is 50.5 Å². The molecule has 0 aromatic heterocycles. The SMILES string of the molecule is NC(=NO)c1cc(F)ccc1COc1ccc(Br)cc1Br. The Bertz CT molecular complexity index is 693. The normalized spacial score (nSPS) is 11.5. The average Bonchev–Trinajstić information content (AvgIpc) is 2.46. The molecule has 0 aliphatic heterocycles. The molecule has 0 radical (unpaired) electrons. The lowest BCUT2D eigenvalue weighted by atomic mass is 10.1. The van der Waals surface area contributed by atoms with E-state index in [4.69, 9.17) is 15.7 Å². The molecule has 7 heteroatoms. The Morgan fingerprint density at radius 3 is 2.67 bits per heavy atom. The van der Waals surface area contributed by atoms with E-state index in [9.17, 15) is 4.39 Å². The van der Waals surface area contributed by atoms with E-state index in [0.717, 1.165) is 8.95 Å². The first-order chi connectivity index (χ1) is 10.0. The molecule has 0 amide bonds. The number of amidine groups is 1. The van der Waals surface area contributed by atoms with Crippen molar-refractivity contribution in [3.63, 3.8) is 0 Å². The molecule has 110 valence electrons. The molecule has 0 atom stereocenters. The molecule has 0 spiro atoms. The van der Waals surface area contributed by atoms with E-state index >= 15 is 0 Å². The molecule has 0 bridgehead atoms. The second-order valence-electron chi connectivity index (χ2n) is 4.15. The first-order valence-electron chi connectivity index (χ1n) is 5.85. The monoisotopic (exact) mass is 416 g/mol. The predicted octanol–water partition coefficient (Wildman–Crippen LogP) is 4.02. The van der Waals surface area contributed by atoms with Gasteiger partial charge in [0.1, 0.15) is 18.2 Å². The summed E-state index contributed by atoms with van der Waals surface area (Å²) in [5, 5.41) is 11.7. The molecule has 0 fully saturated rings. The van der Waals surface area contributed by atoms with E-state index in [1.807, 2.05) is 12.1 Å². The molecular formula is C14H11Br2FN2O2. The van der Waals surface area contributed by atoms with Gasteiger partial charge >= 0.3 is 0 Å². The Balaban J connectivity index is 2.24. The van der Waals surface area contributed by atoms with E-state index in [2.05, 4.69) is 37.0 Å². The summed E-state index contributed by atoms with van der Waals surface area (Å²) in [5.74, 6) is 0.00104. The van der Waals surface area contributed by atoms with Gasteiger partial charge in [-0.1, -0.05) is 27.2 Å². The van der Waals surface area contributed by atoms with Gasteiger partial charge < -0.3 is 15.7 Å². The third-order valence-corrected chi connectivity index (χ3v) is 3.85. The van der Waals surface area contributed by atoms with Gasteiger partial charge in [0, 0.05) is 15.6 Å². The van der Waals surface area contributed by atoms with Crippen LogP contribution in [0.5, 0.6) is 5.75 Å². The van der Waals surface area contributed by atoms with Gasteiger partial charge in [0.05, 0.1) is 4.47 Å². The van der Waals surface area contributed by atoms with Crippen LogP contribution >= 0.6 is 31.9 Å². The summed E-state index contributed by atoms with van der Waals surface area (Å²) >= 11 is 6.74. The minimum Gasteiger partial charge on any atom is -0.488 e. The fraction of sp³-hybridized carbons (Fsp3) is 0.0714. The molecule has 21 heavy (non-hydrogen) atoms. The van der Waals surface area contributed by atoms with Gasteiger partial charge in [-0.05, 0) is 46.3 Å². The van der Waals surface area contributed by atoms with E-state index in [-0.39, 0.29) is 12.4 Å². The van der Waals surface area contributed by atoms with Crippen molar-refractivity contribution in [2.45, 2.75) is 6.61 Å². The number of nitrogens with zero attached hydrogens (tertiary/aromatic N) is 1. The molecule has 0 heterocycles. The maximum absolute atomic E-state index is 13.3.